The maximum atomic E-state index is 13.2. The zero-order valence-electron chi connectivity index (χ0n) is 10.7. The van der Waals surface area contributed by atoms with Crippen molar-refractivity contribution in [1.29, 1.82) is 0 Å². The molecule has 1 saturated carbocycles. The van der Waals surface area contributed by atoms with Gasteiger partial charge in [0.15, 0.2) is 0 Å². The fourth-order valence-electron chi connectivity index (χ4n) is 2.59. The van der Waals surface area contributed by atoms with Crippen LogP contribution in [-0.4, -0.2) is 6.04 Å². The molecule has 3 rings (SSSR count). The highest BCUT2D eigenvalue weighted by atomic mass is 79.9. The van der Waals surface area contributed by atoms with Crippen molar-refractivity contribution in [2.24, 2.45) is 0 Å². The van der Waals surface area contributed by atoms with Crippen LogP contribution in [0.25, 0.3) is 0 Å². The zero-order valence-corrected chi connectivity index (χ0v) is 13.1. The van der Waals surface area contributed by atoms with E-state index < -0.39 is 0 Å². The molecule has 1 nitrogen and oxygen atoms in total. The second-order valence-electron chi connectivity index (χ2n) is 5.19. The maximum absolute atomic E-state index is 13.2. The topological polar surface area (TPSA) is 12.0 Å². The van der Waals surface area contributed by atoms with Crippen molar-refractivity contribution in [2.75, 3.05) is 5.32 Å². The van der Waals surface area contributed by atoms with Crippen LogP contribution in [0.5, 0.6) is 0 Å². The van der Waals surface area contributed by atoms with Gasteiger partial charge < -0.3 is 5.32 Å². The first-order chi connectivity index (χ1) is 9.61. The van der Waals surface area contributed by atoms with E-state index in [0.717, 1.165) is 23.6 Å². The average molecular weight is 355 g/mol. The van der Waals surface area contributed by atoms with Crippen molar-refractivity contribution in [3.8, 4) is 0 Å². The highest BCUT2D eigenvalue weighted by molar-refractivity contribution is 9.10. The van der Waals surface area contributed by atoms with Gasteiger partial charge >= 0.3 is 0 Å². The van der Waals surface area contributed by atoms with E-state index in [-0.39, 0.29) is 5.82 Å². The first kappa shape index (κ1) is 13.9. The lowest BCUT2D eigenvalue weighted by Gasteiger charge is -2.37. The summed E-state index contributed by atoms with van der Waals surface area (Å²) in [6.07, 6.45) is 2.16. The van der Waals surface area contributed by atoms with E-state index in [1.54, 1.807) is 12.1 Å². The number of benzene rings is 2. The molecule has 20 heavy (non-hydrogen) atoms. The molecule has 104 valence electrons. The lowest BCUT2D eigenvalue weighted by molar-refractivity contribution is 0.374. The quantitative estimate of drug-likeness (QED) is 0.756. The molecule has 2 aromatic rings. The van der Waals surface area contributed by atoms with Crippen LogP contribution in [0.1, 0.15) is 24.3 Å². The molecule has 1 aliphatic carbocycles. The molecular formula is C16H14BrClFN. The van der Waals surface area contributed by atoms with E-state index in [0.29, 0.717) is 16.4 Å². The van der Waals surface area contributed by atoms with Crippen molar-refractivity contribution >= 4 is 33.2 Å². The number of hydrogen-bond acceptors (Lipinski definition) is 1. The summed E-state index contributed by atoms with van der Waals surface area (Å²) < 4.78 is 13.7. The highest BCUT2D eigenvalue weighted by Crippen LogP contribution is 2.39. The predicted octanol–water partition coefficient (Wildman–Crippen LogP) is 5.60. The van der Waals surface area contributed by atoms with Gasteiger partial charge in [-0.2, -0.15) is 0 Å². The molecule has 0 amide bonds. The van der Waals surface area contributed by atoms with Gasteiger partial charge in [0, 0.05) is 16.8 Å². The van der Waals surface area contributed by atoms with Crippen LogP contribution in [0, 0.1) is 5.82 Å². The van der Waals surface area contributed by atoms with Crippen molar-refractivity contribution in [3.05, 3.63) is 63.3 Å². The number of halogens is 3. The average Bonchev–Trinajstić information content (AvgIpc) is 2.37. The molecule has 0 aliphatic heterocycles. The molecule has 0 atom stereocenters. The minimum atomic E-state index is -0.235. The molecule has 1 aliphatic rings. The molecule has 1 N–H and O–H groups in total. The van der Waals surface area contributed by atoms with Gasteiger partial charge in [0.05, 0.1) is 4.47 Å². The van der Waals surface area contributed by atoms with E-state index in [1.165, 1.54) is 11.6 Å². The standard InChI is InChI=1S/C16H14BrClFN/c17-15-9-13(4-5-16(15)19)20-14-7-11(8-14)10-2-1-3-12(18)6-10/h1-6,9,11,14,20H,7-8H2. The van der Waals surface area contributed by atoms with Crippen LogP contribution in [0.4, 0.5) is 10.1 Å². The van der Waals surface area contributed by atoms with Crippen LogP contribution < -0.4 is 5.32 Å². The second kappa shape index (κ2) is 5.74. The van der Waals surface area contributed by atoms with Gasteiger partial charge in [-0.05, 0) is 70.6 Å². The number of hydrogen-bond donors (Lipinski definition) is 1. The van der Waals surface area contributed by atoms with Gasteiger partial charge in [-0.1, -0.05) is 23.7 Å². The van der Waals surface area contributed by atoms with Crippen LogP contribution in [0.2, 0.25) is 5.02 Å². The molecule has 0 saturated heterocycles. The normalized spacial score (nSPS) is 21.4. The van der Waals surface area contributed by atoms with Gasteiger partial charge in [0.2, 0.25) is 0 Å². The summed E-state index contributed by atoms with van der Waals surface area (Å²) in [7, 11) is 0. The van der Waals surface area contributed by atoms with Gasteiger partial charge in [-0.25, -0.2) is 4.39 Å². The summed E-state index contributed by atoms with van der Waals surface area (Å²) in [5, 5.41) is 4.22. The highest BCUT2D eigenvalue weighted by Gasteiger charge is 2.30. The minimum absolute atomic E-state index is 0.235. The fourth-order valence-corrected chi connectivity index (χ4v) is 3.17. The molecule has 4 heteroatoms. The lowest BCUT2D eigenvalue weighted by atomic mass is 9.76. The van der Waals surface area contributed by atoms with E-state index in [2.05, 4.69) is 27.3 Å². The Morgan fingerprint density at radius 1 is 1.15 bits per heavy atom. The molecule has 2 aromatic carbocycles. The molecule has 0 unspecified atom stereocenters. The van der Waals surface area contributed by atoms with E-state index in [1.807, 2.05) is 18.2 Å². The zero-order chi connectivity index (χ0) is 14.1. The molecule has 0 aromatic heterocycles. The molecule has 0 heterocycles. The first-order valence-corrected chi connectivity index (χ1v) is 7.76. The monoisotopic (exact) mass is 353 g/mol. The predicted molar refractivity (Wildman–Crippen MR) is 84.9 cm³/mol. The number of anilines is 1. The first-order valence-electron chi connectivity index (χ1n) is 6.59. The van der Waals surface area contributed by atoms with Gasteiger partial charge in [-0.15, -0.1) is 0 Å². The Morgan fingerprint density at radius 2 is 1.95 bits per heavy atom. The molecule has 0 spiro atoms. The SMILES string of the molecule is Fc1ccc(NC2CC(c3cccc(Cl)c3)C2)cc1Br. The van der Waals surface area contributed by atoms with Crippen LogP contribution in [0.3, 0.4) is 0 Å². The number of nitrogens with one attached hydrogen (secondary N) is 1. The number of rotatable bonds is 3. The van der Waals surface area contributed by atoms with Crippen molar-refractivity contribution in [3.63, 3.8) is 0 Å². The Bertz CT molecular complexity index is 626. The third-order valence-electron chi connectivity index (χ3n) is 3.75. The van der Waals surface area contributed by atoms with Crippen molar-refractivity contribution < 1.29 is 4.39 Å². The van der Waals surface area contributed by atoms with Crippen LogP contribution in [0.15, 0.2) is 46.9 Å². The molecular weight excluding hydrogens is 341 g/mol. The fraction of sp³-hybridized carbons (Fsp3) is 0.250. The molecule has 0 bridgehead atoms. The van der Waals surface area contributed by atoms with Crippen molar-refractivity contribution in [2.45, 2.75) is 24.8 Å². The van der Waals surface area contributed by atoms with Gasteiger partial charge in [0.25, 0.3) is 0 Å². The maximum Gasteiger partial charge on any atom is 0.137 e. The largest absolute Gasteiger partial charge is 0.382 e. The molecule has 1 fully saturated rings. The summed E-state index contributed by atoms with van der Waals surface area (Å²) in [5.41, 5.74) is 2.25. The minimum Gasteiger partial charge on any atom is -0.382 e. The van der Waals surface area contributed by atoms with Gasteiger partial charge in [0.1, 0.15) is 5.82 Å². The Morgan fingerprint density at radius 3 is 2.65 bits per heavy atom. The Kier molecular flexibility index (Phi) is 3.99. The summed E-state index contributed by atoms with van der Waals surface area (Å²) in [4.78, 5) is 0. The smallest absolute Gasteiger partial charge is 0.137 e. The molecule has 0 radical (unpaired) electrons. The van der Waals surface area contributed by atoms with Crippen LogP contribution in [-0.2, 0) is 0 Å². The lowest BCUT2D eigenvalue weighted by Crippen LogP contribution is -2.33. The summed E-state index contributed by atoms with van der Waals surface area (Å²) in [5.74, 6) is 0.330. The third-order valence-corrected chi connectivity index (χ3v) is 4.59. The summed E-state index contributed by atoms with van der Waals surface area (Å²) >= 11 is 9.21. The van der Waals surface area contributed by atoms with Crippen molar-refractivity contribution in [1.82, 2.24) is 0 Å². The summed E-state index contributed by atoms with van der Waals surface area (Å²) in [6, 6.07) is 13.5. The summed E-state index contributed by atoms with van der Waals surface area (Å²) in [6.45, 7) is 0. The second-order valence-corrected chi connectivity index (χ2v) is 6.48. The third kappa shape index (κ3) is 2.99. The van der Waals surface area contributed by atoms with E-state index >= 15 is 0 Å². The van der Waals surface area contributed by atoms with E-state index in [9.17, 15) is 4.39 Å². The van der Waals surface area contributed by atoms with E-state index in [4.69, 9.17) is 11.6 Å². The van der Waals surface area contributed by atoms with Gasteiger partial charge in [-0.3, -0.25) is 0 Å². The Hall–Kier alpha value is -1.06. The Labute approximate surface area is 131 Å². The van der Waals surface area contributed by atoms with Crippen LogP contribution >= 0.6 is 27.5 Å². The Balaban J connectivity index is 1.59.